The van der Waals surface area contributed by atoms with Gasteiger partial charge in [0, 0.05) is 28.4 Å². The van der Waals surface area contributed by atoms with Crippen LogP contribution in [0, 0.1) is 15.9 Å². The Kier molecular flexibility index (Phi) is 9.31. The van der Waals surface area contributed by atoms with Gasteiger partial charge in [0.15, 0.2) is 0 Å². The number of nitrogens with zero attached hydrogens (tertiary/aromatic N) is 3. The van der Waals surface area contributed by atoms with Crippen molar-refractivity contribution >= 4 is 44.3 Å². The number of carbonyl (C=O) groups excluding carboxylic acids is 1. The number of benzene rings is 2. The van der Waals surface area contributed by atoms with E-state index < -0.39 is 34.6 Å². The number of hydrogen-bond acceptors (Lipinski definition) is 7. The molecule has 1 aliphatic rings. The highest BCUT2D eigenvalue weighted by atomic mass is 79.9. The Morgan fingerprint density at radius 2 is 2.05 bits per heavy atom. The van der Waals surface area contributed by atoms with Crippen LogP contribution in [0.2, 0.25) is 0 Å². The summed E-state index contributed by atoms with van der Waals surface area (Å²) in [7, 11) is 0. The molecule has 1 aromatic heterocycles. The fourth-order valence-corrected chi connectivity index (χ4v) is 5.21. The first-order chi connectivity index (χ1) is 19.3. The molecular formula is C29H33BrF2N4O5. The summed E-state index contributed by atoms with van der Waals surface area (Å²) in [5.41, 5.74) is 0.516. The molecule has 0 aliphatic carbocycles. The number of hydrogen-bond donors (Lipinski definition) is 1. The Labute approximate surface area is 245 Å². The Hall–Kier alpha value is -3.54. The van der Waals surface area contributed by atoms with Crippen LogP contribution in [0.5, 0.6) is 5.75 Å². The van der Waals surface area contributed by atoms with Crippen LogP contribution in [0.3, 0.4) is 0 Å². The molecule has 1 amide bonds. The Morgan fingerprint density at radius 1 is 1.29 bits per heavy atom. The van der Waals surface area contributed by atoms with Crippen LogP contribution in [-0.2, 0) is 4.74 Å². The summed E-state index contributed by atoms with van der Waals surface area (Å²) in [6.45, 7) is 7.31. The molecule has 1 fully saturated rings. The Morgan fingerprint density at radius 3 is 2.76 bits per heavy atom. The minimum absolute atomic E-state index is 0.00609. The van der Waals surface area contributed by atoms with E-state index in [0.29, 0.717) is 47.3 Å². The van der Waals surface area contributed by atoms with Gasteiger partial charge in [-0.05, 0) is 76.9 Å². The van der Waals surface area contributed by atoms with Gasteiger partial charge < -0.3 is 14.8 Å². The fraction of sp³-hybridized carbons (Fsp3) is 0.448. The van der Waals surface area contributed by atoms with Crippen molar-refractivity contribution in [3.8, 4) is 5.75 Å². The minimum Gasteiger partial charge on any atom is -0.490 e. The van der Waals surface area contributed by atoms with Gasteiger partial charge in [0.05, 0.1) is 29.1 Å². The second kappa shape index (κ2) is 12.5. The van der Waals surface area contributed by atoms with Crippen LogP contribution >= 0.6 is 15.9 Å². The van der Waals surface area contributed by atoms with Crippen LogP contribution in [0.1, 0.15) is 58.6 Å². The molecule has 0 bridgehead atoms. The maximum Gasteiger partial charge on any atom is 0.410 e. The van der Waals surface area contributed by atoms with Crippen molar-refractivity contribution in [3.05, 3.63) is 68.6 Å². The molecule has 9 nitrogen and oxygen atoms in total. The molecule has 1 saturated heterocycles. The SMILES string of the molecule is C[C@@H](CCCNc1c([N+](=O)[O-])cnc2ccc(Br)cc12)Oc1ccc(F)cc1[C@H]1C[C@H](F)CN1C(=O)OC(C)(C)C. The molecule has 220 valence electrons. The van der Waals surface area contributed by atoms with Crippen molar-refractivity contribution < 1.29 is 28.0 Å². The van der Waals surface area contributed by atoms with Crippen LogP contribution in [0.25, 0.3) is 10.9 Å². The van der Waals surface area contributed by atoms with E-state index in [1.54, 1.807) is 32.9 Å². The quantitative estimate of drug-likeness (QED) is 0.146. The fourth-order valence-electron chi connectivity index (χ4n) is 4.85. The van der Waals surface area contributed by atoms with E-state index in [9.17, 15) is 23.7 Å². The molecule has 0 radical (unpaired) electrons. The highest BCUT2D eigenvalue weighted by Gasteiger charge is 2.40. The summed E-state index contributed by atoms with van der Waals surface area (Å²) in [6, 6.07) is 8.67. The maximum atomic E-state index is 14.5. The van der Waals surface area contributed by atoms with Gasteiger partial charge >= 0.3 is 11.8 Å². The Bertz CT molecular complexity index is 1430. The average Bonchev–Trinajstić information content (AvgIpc) is 3.28. The van der Waals surface area contributed by atoms with Crippen molar-refractivity contribution in [1.29, 1.82) is 0 Å². The molecule has 2 aromatic carbocycles. The van der Waals surface area contributed by atoms with E-state index in [4.69, 9.17) is 9.47 Å². The summed E-state index contributed by atoms with van der Waals surface area (Å²) in [6.07, 6.45) is 0.154. The highest BCUT2D eigenvalue weighted by Crippen LogP contribution is 2.40. The third kappa shape index (κ3) is 7.60. The molecule has 2 heterocycles. The number of anilines is 1. The number of carbonyl (C=O) groups is 1. The number of ether oxygens (including phenoxy) is 2. The van der Waals surface area contributed by atoms with Crippen LogP contribution < -0.4 is 10.1 Å². The predicted molar refractivity (Wildman–Crippen MR) is 156 cm³/mol. The number of alkyl halides is 1. The van der Waals surface area contributed by atoms with Crippen molar-refractivity contribution in [1.82, 2.24) is 9.88 Å². The average molecular weight is 636 g/mol. The molecule has 4 rings (SSSR count). The van der Waals surface area contributed by atoms with Crippen molar-refractivity contribution in [2.75, 3.05) is 18.4 Å². The maximum absolute atomic E-state index is 14.5. The molecule has 0 saturated carbocycles. The van der Waals surface area contributed by atoms with Gasteiger partial charge in [0.1, 0.15) is 35.2 Å². The van der Waals surface area contributed by atoms with Gasteiger partial charge in [-0.25, -0.2) is 18.6 Å². The normalized spacial score (nSPS) is 17.9. The second-order valence-electron chi connectivity index (χ2n) is 11.1. The van der Waals surface area contributed by atoms with E-state index >= 15 is 0 Å². The summed E-state index contributed by atoms with van der Waals surface area (Å²) >= 11 is 3.41. The lowest BCUT2D eigenvalue weighted by atomic mass is 10.0. The number of halogens is 3. The summed E-state index contributed by atoms with van der Waals surface area (Å²) in [4.78, 5) is 29.4. The third-order valence-corrected chi connectivity index (χ3v) is 7.13. The number of amides is 1. The smallest absolute Gasteiger partial charge is 0.410 e. The monoisotopic (exact) mass is 634 g/mol. The molecule has 0 unspecified atom stereocenters. The lowest BCUT2D eigenvalue weighted by Gasteiger charge is -2.29. The molecule has 12 heteroatoms. The molecule has 0 spiro atoms. The molecule has 3 atom stereocenters. The number of likely N-dealkylation sites (tertiary alicyclic amines) is 1. The van der Waals surface area contributed by atoms with Gasteiger partial charge in [-0.15, -0.1) is 0 Å². The first-order valence-corrected chi connectivity index (χ1v) is 14.2. The molecule has 1 aliphatic heterocycles. The molecule has 1 N–H and O–H groups in total. The van der Waals surface area contributed by atoms with E-state index in [-0.39, 0.29) is 24.8 Å². The minimum atomic E-state index is -1.28. The molecule has 41 heavy (non-hydrogen) atoms. The van der Waals surface area contributed by atoms with Gasteiger partial charge in [-0.2, -0.15) is 0 Å². The lowest BCUT2D eigenvalue weighted by molar-refractivity contribution is -0.384. The van der Waals surface area contributed by atoms with E-state index in [0.717, 1.165) is 4.47 Å². The number of rotatable bonds is 9. The first-order valence-electron chi connectivity index (χ1n) is 13.4. The standard InChI is InChI=1S/C29H33BrF2N4O5/c1-17(6-5-11-33-27-21-12-18(30)7-9-23(21)34-15-25(27)36(38)39)40-26-10-8-19(31)13-22(26)24-14-20(32)16-35(24)28(37)41-29(2,3)4/h7-10,12-13,15,17,20,24H,5-6,11,14,16H2,1-4H3,(H,33,34)/t17-,20-,24+/m0/s1. The molecular weight excluding hydrogens is 602 g/mol. The van der Waals surface area contributed by atoms with Crippen molar-refractivity contribution in [2.24, 2.45) is 0 Å². The zero-order valence-corrected chi connectivity index (χ0v) is 24.9. The highest BCUT2D eigenvalue weighted by molar-refractivity contribution is 9.10. The zero-order chi connectivity index (χ0) is 29.9. The van der Waals surface area contributed by atoms with Gasteiger partial charge in [0.2, 0.25) is 0 Å². The van der Waals surface area contributed by atoms with E-state index in [1.165, 1.54) is 29.3 Å². The van der Waals surface area contributed by atoms with Crippen molar-refractivity contribution in [2.45, 2.75) is 70.9 Å². The first kappa shape index (κ1) is 30.4. The topological polar surface area (TPSA) is 107 Å². The Balaban J connectivity index is 1.44. The van der Waals surface area contributed by atoms with Crippen LogP contribution in [-0.4, -0.2) is 51.9 Å². The lowest BCUT2D eigenvalue weighted by Crippen LogP contribution is -2.37. The predicted octanol–water partition coefficient (Wildman–Crippen LogP) is 7.72. The van der Waals surface area contributed by atoms with Crippen LogP contribution in [0.15, 0.2) is 47.1 Å². The number of nitrogens with one attached hydrogen (secondary N) is 1. The number of aromatic nitrogens is 1. The van der Waals surface area contributed by atoms with Crippen molar-refractivity contribution in [3.63, 3.8) is 0 Å². The summed E-state index contributed by atoms with van der Waals surface area (Å²) < 4.78 is 41.2. The summed E-state index contributed by atoms with van der Waals surface area (Å²) in [5.74, 6) is -0.159. The van der Waals surface area contributed by atoms with Crippen LogP contribution in [0.4, 0.5) is 25.0 Å². The zero-order valence-electron chi connectivity index (χ0n) is 23.3. The van der Waals surface area contributed by atoms with Gasteiger partial charge in [-0.1, -0.05) is 15.9 Å². The molecule has 3 aromatic rings. The van der Waals surface area contributed by atoms with Gasteiger partial charge in [-0.3, -0.25) is 15.0 Å². The van der Waals surface area contributed by atoms with E-state index in [1.807, 2.05) is 13.0 Å². The van der Waals surface area contributed by atoms with E-state index in [2.05, 4.69) is 26.2 Å². The largest absolute Gasteiger partial charge is 0.490 e. The third-order valence-electron chi connectivity index (χ3n) is 6.63. The second-order valence-corrected chi connectivity index (χ2v) is 12.0. The number of fused-ring (bicyclic) bond motifs is 1. The van der Waals surface area contributed by atoms with Gasteiger partial charge in [0.25, 0.3) is 0 Å². The number of nitro groups is 1. The summed E-state index contributed by atoms with van der Waals surface area (Å²) in [5, 5.41) is 15.4. The number of pyridine rings is 1.